The summed E-state index contributed by atoms with van der Waals surface area (Å²) in [6.45, 7) is 3.24. The topological polar surface area (TPSA) is 69.6 Å². The monoisotopic (exact) mass is 338 g/mol. The summed E-state index contributed by atoms with van der Waals surface area (Å²) in [6.07, 6.45) is 10.4. The van der Waals surface area contributed by atoms with Crippen molar-refractivity contribution >= 4 is 11.8 Å². The number of carbonyl (C=O) groups excluding carboxylic acids is 2. The van der Waals surface area contributed by atoms with Gasteiger partial charge in [-0.15, -0.1) is 0 Å². The summed E-state index contributed by atoms with van der Waals surface area (Å²) in [5.74, 6) is 0.399. The molecule has 2 rings (SSSR count). The molecule has 0 radical (unpaired) electrons. The molecule has 0 aromatic rings. The fraction of sp³-hybridized carbons (Fsp3) is 0.895. The van der Waals surface area contributed by atoms with Gasteiger partial charge in [-0.05, 0) is 38.5 Å². The average molecular weight is 338 g/mol. The number of amides is 2. The van der Waals surface area contributed by atoms with E-state index in [9.17, 15) is 14.7 Å². The van der Waals surface area contributed by atoms with E-state index in [1.165, 1.54) is 32.1 Å². The molecule has 24 heavy (non-hydrogen) atoms. The minimum Gasteiger partial charge on any atom is -0.393 e. The van der Waals surface area contributed by atoms with Crippen LogP contribution >= 0.6 is 0 Å². The number of aliphatic hydroxyl groups is 1. The van der Waals surface area contributed by atoms with Gasteiger partial charge in [-0.3, -0.25) is 9.59 Å². The van der Waals surface area contributed by atoms with Crippen LogP contribution in [0, 0.1) is 5.92 Å². The van der Waals surface area contributed by atoms with Crippen LogP contribution in [-0.4, -0.2) is 47.1 Å². The standard InChI is InChI=1S/C19H34N2O3/c1-15(22)16-11-13-21(14-12-16)19(24)10-9-18(23)20-17-7-5-3-2-4-6-8-17/h15-17,22H,2-14H2,1H3,(H,20,23)/t15-/m0/s1. The number of aliphatic hydroxyl groups excluding tert-OH is 1. The van der Waals surface area contributed by atoms with Crippen molar-refractivity contribution < 1.29 is 14.7 Å². The molecule has 1 aliphatic heterocycles. The molecule has 1 saturated carbocycles. The first-order valence-corrected chi connectivity index (χ1v) is 9.81. The van der Waals surface area contributed by atoms with E-state index < -0.39 is 0 Å². The van der Waals surface area contributed by atoms with Crippen molar-refractivity contribution in [2.45, 2.75) is 89.7 Å². The molecule has 2 fully saturated rings. The summed E-state index contributed by atoms with van der Waals surface area (Å²) in [4.78, 5) is 26.2. The Morgan fingerprint density at radius 1 is 1.00 bits per heavy atom. The number of likely N-dealkylation sites (tertiary alicyclic amines) is 1. The second-order valence-electron chi connectivity index (χ2n) is 7.57. The molecule has 2 aliphatic rings. The highest BCUT2D eigenvalue weighted by atomic mass is 16.3. The van der Waals surface area contributed by atoms with E-state index in [1.807, 2.05) is 11.8 Å². The van der Waals surface area contributed by atoms with Crippen molar-refractivity contribution in [2.24, 2.45) is 5.92 Å². The molecule has 1 heterocycles. The van der Waals surface area contributed by atoms with Gasteiger partial charge in [-0.25, -0.2) is 0 Å². The number of carbonyl (C=O) groups is 2. The van der Waals surface area contributed by atoms with Gasteiger partial charge in [0, 0.05) is 32.0 Å². The van der Waals surface area contributed by atoms with Crippen molar-refractivity contribution in [3.8, 4) is 0 Å². The molecule has 2 N–H and O–H groups in total. The molecule has 1 aliphatic carbocycles. The summed E-state index contributed by atoms with van der Waals surface area (Å²) < 4.78 is 0. The van der Waals surface area contributed by atoms with Gasteiger partial charge in [-0.1, -0.05) is 32.1 Å². The molecule has 0 aromatic heterocycles. The molecule has 0 bridgehead atoms. The SMILES string of the molecule is C[C@H](O)C1CCN(C(=O)CCC(=O)NC2CCCCCCC2)CC1. The molecule has 2 amide bonds. The van der Waals surface area contributed by atoms with Gasteiger partial charge < -0.3 is 15.3 Å². The molecular weight excluding hydrogens is 304 g/mol. The van der Waals surface area contributed by atoms with Crippen LogP contribution < -0.4 is 5.32 Å². The molecular formula is C19H34N2O3. The number of piperidine rings is 1. The zero-order valence-electron chi connectivity index (χ0n) is 15.1. The van der Waals surface area contributed by atoms with Crippen molar-refractivity contribution in [3.05, 3.63) is 0 Å². The Morgan fingerprint density at radius 3 is 2.17 bits per heavy atom. The quantitative estimate of drug-likeness (QED) is 0.809. The summed E-state index contributed by atoms with van der Waals surface area (Å²) >= 11 is 0. The van der Waals surface area contributed by atoms with Gasteiger partial charge in [0.25, 0.3) is 0 Å². The van der Waals surface area contributed by atoms with Crippen LogP contribution in [0.1, 0.15) is 77.6 Å². The van der Waals surface area contributed by atoms with E-state index in [0.29, 0.717) is 37.9 Å². The van der Waals surface area contributed by atoms with Crippen LogP contribution in [0.3, 0.4) is 0 Å². The first-order chi connectivity index (χ1) is 11.6. The number of hydrogen-bond donors (Lipinski definition) is 2. The van der Waals surface area contributed by atoms with Gasteiger partial charge in [-0.2, -0.15) is 0 Å². The van der Waals surface area contributed by atoms with Crippen molar-refractivity contribution in [3.63, 3.8) is 0 Å². The highest BCUT2D eigenvalue weighted by Crippen LogP contribution is 2.21. The van der Waals surface area contributed by atoms with Crippen molar-refractivity contribution in [1.29, 1.82) is 0 Å². The fourth-order valence-corrected chi connectivity index (χ4v) is 3.91. The zero-order chi connectivity index (χ0) is 17.4. The Kier molecular flexibility index (Phi) is 8.03. The second-order valence-corrected chi connectivity index (χ2v) is 7.57. The molecule has 0 aromatic carbocycles. The third kappa shape index (κ3) is 6.42. The summed E-state index contributed by atoms with van der Waals surface area (Å²) in [5.41, 5.74) is 0. The Morgan fingerprint density at radius 2 is 1.58 bits per heavy atom. The maximum atomic E-state index is 12.3. The Balaban J connectivity index is 1.65. The minimum atomic E-state index is -0.295. The second kappa shape index (κ2) is 10.0. The summed E-state index contributed by atoms with van der Waals surface area (Å²) in [7, 11) is 0. The first kappa shape index (κ1) is 19.2. The maximum absolute atomic E-state index is 12.3. The smallest absolute Gasteiger partial charge is 0.223 e. The number of rotatable bonds is 5. The van der Waals surface area contributed by atoms with Gasteiger partial charge in [0.05, 0.1) is 6.10 Å². The molecule has 0 unspecified atom stereocenters. The van der Waals surface area contributed by atoms with Crippen LogP contribution in [0.2, 0.25) is 0 Å². The lowest BCUT2D eigenvalue weighted by Crippen LogP contribution is -2.41. The molecule has 1 atom stereocenters. The van der Waals surface area contributed by atoms with Crippen molar-refractivity contribution in [2.75, 3.05) is 13.1 Å². The normalized spacial score (nSPS) is 22.5. The Hall–Kier alpha value is -1.10. The van der Waals surface area contributed by atoms with Gasteiger partial charge in [0.2, 0.25) is 11.8 Å². The van der Waals surface area contributed by atoms with Gasteiger partial charge in [0.1, 0.15) is 0 Å². The van der Waals surface area contributed by atoms with Crippen molar-refractivity contribution in [1.82, 2.24) is 10.2 Å². The Bertz CT molecular complexity index is 395. The van der Waals surface area contributed by atoms with Gasteiger partial charge >= 0.3 is 0 Å². The van der Waals surface area contributed by atoms with Gasteiger partial charge in [0.15, 0.2) is 0 Å². The lowest BCUT2D eigenvalue weighted by Gasteiger charge is -2.33. The van der Waals surface area contributed by atoms with Crippen LogP contribution in [-0.2, 0) is 9.59 Å². The maximum Gasteiger partial charge on any atom is 0.223 e. The van der Waals surface area contributed by atoms with Crippen LogP contribution in [0.4, 0.5) is 0 Å². The number of hydrogen-bond acceptors (Lipinski definition) is 3. The average Bonchev–Trinajstić information content (AvgIpc) is 2.55. The molecule has 5 nitrogen and oxygen atoms in total. The lowest BCUT2D eigenvalue weighted by atomic mass is 9.92. The largest absolute Gasteiger partial charge is 0.393 e. The van der Waals surface area contributed by atoms with E-state index in [-0.39, 0.29) is 17.9 Å². The molecule has 138 valence electrons. The van der Waals surface area contributed by atoms with E-state index in [4.69, 9.17) is 0 Å². The van der Waals surface area contributed by atoms with Crippen LogP contribution in [0.5, 0.6) is 0 Å². The summed E-state index contributed by atoms with van der Waals surface area (Å²) in [6, 6.07) is 0.301. The fourth-order valence-electron chi connectivity index (χ4n) is 3.91. The molecule has 0 spiro atoms. The minimum absolute atomic E-state index is 0.0211. The van der Waals surface area contributed by atoms with E-state index in [2.05, 4.69) is 5.32 Å². The van der Waals surface area contributed by atoms with Crippen LogP contribution in [0.25, 0.3) is 0 Å². The third-order valence-corrected chi connectivity index (χ3v) is 5.61. The molecule has 1 saturated heterocycles. The third-order valence-electron chi connectivity index (χ3n) is 5.61. The Labute approximate surface area is 146 Å². The summed E-state index contributed by atoms with van der Waals surface area (Å²) in [5, 5.41) is 12.7. The van der Waals surface area contributed by atoms with E-state index in [0.717, 1.165) is 25.7 Å². The predicted octanol–water partition coefficient (Wildman–Crippen LogP) is 2.62. The van der Waals surface area contributed by atoms with Crippen LogP contribution in [0.15, 0.2) is 0 Å². The predicted molar refractivity (Wildman–Crippen MR) is 94.5 cm³/mol. The number of nitrogens with zero attached hydrogens (tertiary/aromatic N) is 1. The first-order valence-electron chi connectivity index (χ1n) is 9.81. The zero-order valence-corrected chi connectivity index (χ0v) is 15.1. The lowest BCUT2D eigenvalue weighted by molar-refractivity contribution is -0.135. The van der Waals surface area contributed by atoms with E-state index in [1.54, 1.807) is 0 Å². The highest BCUT2D eigenvalue weighted by molar-refractivity contribution is 5.83. The van der Waals surface area contributed by atoms with E-state index >= 15 is 0 Å². The molecule has 5 heteroatoms. The highest BCUT2D eigenvalue weighted by Gasteiger charge is 2.25. The number of nitrogens with one attached hydrogen (secondary N) is 1.